The Bertz CT molecular complexity index is 464. The molecule has 1 N–H and O–H groups in total. The van der Waals surface area contributed by atoms with Crippen LogP contribution in [0.5, 0.6) is 0 Å². The number of aliphatic hydroxyl groups excluding tert-OH is 1. The van der Waals surface area contributed by atoms with E-state index in [-0.39, 0.29) is 6.10 Å². The van der Waals surface area contributed by atoms with Crippen molar-refractivity contribution in [2.45, 2.75) is 70.3 Å². The molecule has 6 saturated carbocycles. The lowest BCUT2D eigenvalue weighted by atomic mass is 10.0. The summed E-state index contributed by atoms with van der Waals surface area (Å²) in [5, 5.41) is 9.54. The molecule has 0 amide bonds. The van der Waals surface area contributed by atoms with Gasteiger partial charge in [-0.3, -0.25) is 4.79 Å². The molecule has 2 nitrogen and oxygen atoms in total. The van der Waals surface area contributed by atoms with Gasteiger partial charge in [0.2, 0.25) is 0 Å². The Kier molecular flexibility index (Phi) is 3.22. The molecule has 22 heavy (non-hydrogen) atoms. The van der Waals surface area contributed by atoms with Crippen molar-refractivity contribution in [2.24, 2.45) is 47.3 Å². The van der Waals surface area contributed by atoms with E-state index in [0.717, 1.165) is 54.3 Å². The Morgan fingerprint density at radius 1 is 0.818 bits per heavy atom. The van der Waals surface area contributed by atoms with Crippen molar-refractivity contribution in [3.8, 4) is 0 Å². The van der Waals surface area contributed by atoms with Crippen molar-refractivity contribution in [3.05, 3.63) is 0 Å². The van der Waals surface area contributed by atoms with Gasteiger partial charge in [0.05, 0.1) is 6.10 Å². The van der Waals surface area contributed by atoms with E-state index in [2.05, 4.69) is 0 Å². The van der Waals surface area contributed by atoms with Crippen molar-refractivity contribution in [2.75, 3.05) is 0 Å². The average Bonchev–Trinajstić information content (AvgIpc) is 3.36. The number of aliphatic hydroxyl groups is 1. The minimum atomic E-state index is 0.0868. The summed E-state index contributed by atoms with van der Waals surface area (Å²) in [6.45, 7) is 0. The third-order valence-corrected chi connectivity index (χ3v) is 7.67. The summed E-state index contributed by atoms with van der Waals surface area (Å²) in [6.07, 6.45) is 13.3. The van der Waals surface area contributed by atoms with Crippen LogP contribution in [-0.2, 0) is 4.79 Å². The Morgan fingerprint density at radius 3 is 2.00 bits per heavy atom. The number of rotatable bonds is 4. The Hall–Kier alpha value is -0.370. The molecule has 0 radical (unpaired) electrons. The highest BCUT2D eigenvalue weighted by Crippen LogP contribution is 2.62. The van der Waals surface area contributed by atoms with Crippen LogP contribution in [0, 0.1) is 47.3 Å². The van der Waals surface area contributed by atoms with Crippen molar-refractivity contribution >= 4 is 5.78 Å². The first kappa shape index (κ1) is 14.0. The zero-order valence-electron chi connectivity index (χ0n) is 13.6. The van der Waals surface area contributed by atoms with Gasteiger partial charge in [0.1, 0.15) is 5.78 Å². The van der Waals surface area contributed by atoms with E-state index in [1.807, 2.05) is 0 Å². The highest BCUT2D eigenvalue weighted by molar-refractivity contribution is 5.87. The lowest BCUT2D eigenvalue weighted by Gasteiger charge is -2.06. The van der Waals surface area contributed by atoms with E-state index >= 15 is 0 Å². The van der Waals surface area contributed by atoms with Gasteiger partial charge in [0, 0.05) is 12.3 Å². The van der Waals surface area contributed by atoms with Crippen LogP contribution in [-0.4, -0.2) is 17.0 Å². The lowest BCUT2D eigenvalue weighted by Crippen LogP contribution is -2.07. The van der Waals surface area contributed by atoms with Gasteiger partial charge in [-0.05, 0) is 73.5 Å². The van der Waals surface area contributed by atoms with Gasteiger partial charge in [0.15, 0.2) is 0 Å². The summed E-state index contributed by atoms with van der Waals surface area (Å²) in [5.41, 5.74) is 0. The minimum absolute atomic E-state index is 0.0868. The number of ketones is 1. The molecular formula is C20H30O2. The van der Waals surface area contributed by atoms with Gasteiger partial charge in [-0.15, -0.1) is 0 Å². The van der Waals surface area contributed by atoms with Crippen LogP contribution in [0.2, 0.25) is 0 Å². The smallest absolute Gasteiger partial charge is 0.136 e. The highest BCUT2D eigenvalue weighted by Gasteiger charge is 2.58. The molecule has 6 rings (SSSR count). The van der Waals surface area contributed by atoms with Gasteiger partial charge in [0.25, 0.3) is 0 Å². The third-order valence-electron chi connectivity index (χ3n) is 7.67. The molecule has 6 aliphatic rings. The molecule has 0 bridgehead atoms. The summed E-state index contributed by atoms with van der Waals surface area (Å²) in [7, 11) is 0. The number of hydrogen-bond donors (Lipinski definition) is 1. The molecule has 0 aliphatic heterocycles. The van der Waals surface area contributed by atoms with E-state index in [4.69, 9.17) is 0 Å². The topological polar surface area (TPSA) is 37.3 Å². The molecule has 0 aromatic heterocycles. The second-order valence-electron chi connectivity index (χ2n) is 9.27. The molecule has 6 fully saturated rings. The fraction of sp³-hybridized carbons (Fsp3) is 0.950. The highest BCUT2D eigenvalue weighted by atomic mass is 16.3. The van der Waals surface area contributed by atoms with Gasteiger partial charge >= 0.3 is 0 Å². The SMILES string of the molecule is O=C1CC[C@H]2[C@@H](CC3CC3)[C@@H]12.OC1CC[C@H]2[C@@H](CC3CC3)[C@@H]12. The van der Waals surface area contributed by atoms with Crippen LogP contribution in [0.4, 0.5) is 0 Å². The Labute approximate surface area is 134 Å². The normalized spacial score (nSPS) is 51.0. The van der Waals surface area contributed by atoms with Gasteiger partial charge in [-0.1, -0.05) is 25.7 Å². The molecule has 6 aliphatic carbocycles. The fourth-order valence-corrected chi connectivity index (χ4v) is 5.93. The van der Waals surface area contributed by atoms with Gasteiger partial charge in [-0.2, -0.15) is 0 Å². The molecule has 1 unspecified atom stereocenters. The largest absolute Gasteiger partial charge is 0.393 e. The molecule has 0 aromatic rings. The minimum Gasteiger partial charge on any atom is -0.393 e. The Balaban J connectivity index is 0.000000102. The molecule has 122 valence electrons. The molecule has 7 atom stereocenters. The van der Waals surface area contributed by atoms with E-state index in [0.29, 0.717) is 11.7 Å². The predicted molar refractivity (Wildman–Crippen MR) is 85.1 cm³/mol. The second kappa shape index (κ2) is 5.06. The van der Waals surface area contributed by atoms with Crippen LogP contribution >= 0.6 is 0 Å². The number of fused-ring (bicyclic) bond motifs is 2. The monoisotopic (exact) mass is 302 g/mol. The number of Topliss-reactive ketones (excluding diaryl/α,β-unsaturated/α-hetero) is 1. The Morgan fingerprint density at radius 2 is 1.50 bits per heavy atom. The summed E-state index contributed by atoms with van der Waals surface area (Å²) in [4.78, 5) is 11.2. The summed E-state index contributed by atoms with van der Waals surface area (Å²) >= 11 is 0. The summed E-state index contributed by atoms with van der Waals surface area (Å²) in [5.74, 6) is 7.58. The molecule has 0 spiro atoms. The number of carbonyl (C=O) groups is 1. The van der Waals surface area contributed by atoms with Crippen molar-refractivity contribution in [1.29, 1.82) is 0 Å². The van der Waals surface area contributed by atoms with Crippen LogP contribution in [0.15, 0.2) is 0 Å². The maximum atomic E-state index is 11.2. The van der Waals surface area contributed by atoms with Gasteiger partial charge in [-0.25, -0.2) is 0 Å². The first-order chi connectivity index (χ1) is 10.7. The molecule has 0 aromatic carbocycles. The zero-order chi connectivity index (χ0) is 14.8. The van der Waals surface area contributed by atoms with Crippen molar-refractivity contribution in [3.63, 3.8) is 0 Å². The third kappa shape index (κ3) is 2.56. The van der Waals surface area contributed by atoms with Crippen molar-refractivity contribution < 1.29 is 9.90 Å². The fourth-order valence-electron chi connectivity index (χ4n) is 5.93. The van der Waals surface area contributed by atoms with Crippen molar-refractivity contribution in [1.82, 2.24) is 0 Å². The van der Waals surface area contributed by atoms with E-state index in [9.17, 15) is 9.90 Å². The van der Waals surface area contributed by atoms with Crippen LogP contribution in [0.3, 0.4) is 0 Å². The van der Waals surface area contributed by atoms with Crippen LogP contribution in [0.1, 0.15) is 64.2 Å². The standard InChI is InChI=1S/C10H16O.C10H14O/c2*11-9-4-3-7-8(10(7)9)5-6-1-2-6/h6-11H,1-5H2;6-8,10H,1-5H2/t7-,8+,9?,10-;7-,8+,10-/m00/s1. The molecule has 2 heteroatoms. The average molecular weight is 302 g/mol. The predicted octanol–water partition coefficient (Wildman–Crippen LogP) is 3.82. The molecule has 0 saturated heterocycles. The number of hydrogen-bond acceptors (Lipinski definition) is 2. The summed E-state index contributed by atoms with van der Waals surface area (Å²) in [6, 6.07) is 0. The molecular weight excluding hydrogens is 272 g/mol. The molecule has 0 heterocycles. The maximum absolute atomic E-state index is 11.2. The lowest BCUT2D eigenvalue weighted by molar-refractivity contribution is -0.119. The van der Waals surface area contributed by atoms with Crippen LogP contribution in [0.25, 0.3) is 0 Å². The summed E-state index contributed by atoms with van der Waals surface area (Å²) < 4.78 is 0. The van der Waals surface area contributed by atoms with E-state index in [1.165, 1.54) is 51.4 Å². The van der Waals surface area contributed by atoms with E-state index in [1.54, 1.807) is 0 Å². The first-order valence-electron chi connectivity index (χ1n) is 9.93. The quantitative estimate of drug-likeness (QED) is 0.857. The first-order valence-corrected chi connectivity index (χ1v) is 9.93. The second-order valence-corrected chi connectivity index (χ2v) is 9.27. The van der Waals surface area contributed by atoms with Gasteiger partial charge < -0.3 is 5.11 Å². The maximum Gasteiger partial charge on any atom is 0.136 e. The zero-order valence-corrected chi connectivity index (χ0v) is 13.6. The van der Waals surface area contributed by atoms with E-state index < -0.39 is 0 Å². The number of carbonyl (C=O) groups excluding carboxylic acids is 1. The van der Waals surface area contributed by atoms with Crippen LogP contribution < -0.4 is 0 Å².